The van der Waals surface area contributed by atoms with Crippen LogP contribution in [0.3, 0.4) is 0 Å². The molecule has 0 radical (unpaired) electrons. The normalized spacial score (nSPS) is 13.6. The van der Waals surface area contributed by atoms with Crippen LogP contribution >= 0.6 is 0 Å². The number of rotatable bonds is 8. The maximum absolute atomic E-state index is 5.08. The molecule has 8 aromatic rings. The Labute approximate surface area is 314 Å². The number of nitrogens with one attached hydrogen (secondary N) is 1. The number of allylic oxidation sites excluding steroid dienone is 2. The van der Waals surface area contributed by atoms with Crippen molar-refractivity contribution in [2.24, 2.45) is 0 Å². The van der Waals surface area contributed by atoms with Crippen LogP contribution in [0.4, 0.5) is 0 Å². The summed E-state index contributed by atoms with van der Waals surface area (Å²) in [5.41, 5.74) is 11.8. The molecule has 6 heteroatoms. The van der Waals surface area contributed by atoms with Crippen molar-refractivity contribution in [1.29, 1.82) is 0 Å². The average Bonchev–Trinajstić information content (AvgIpc) is 3.27. The van der Waals surface area contributed by atoms with E-state index in [1.165, 1.54) is 0 Å². The maximum atomic E-state index is 5.08. The number of nitrogens with zero attached hydrogens (tertiary/aromatic N) is 5. The van der Waals surface area contributed by atoms with Gasteiger partial charge in [0.2, 0.25) is 0 Å². The standard InChI is InChI=1S/C48H34N6/c1-4-15-33(16-5-1)38-31-44(42-23-12-13-30-49-42)51-45(32-38)43-25-14-24-41(50-43)35-28-26-34(27-29-35)39-21-10-11-22-40(39)48-53-46(36-17-6-2-7-18-36)52-47(54-48)37-19-8-3-9-20-37/h1-32,41,50H. The molecule has 9 rings (SSSR count). The molecule has 0 saturated carbocycles. The van der Waals surface area contributed by atoms with Gasteiger partial charge in [-0.3, -0.25) is 4.98 Å². The quantitative estimate of drug-likeness (QED) is 0.171. The third-order valence-corrected chi connectivity index (χ3v) is 9.46. The van der Waals surface area contributed by atoms with Gasteiger partial charge in [0.15, 0.2) is 17.5 Å². The molecular formula is C48H34N6. The van der Waals surface area contributed by atoms with E-state index < -0.39 is 0 Å². The molecule has 54 heavy (non-hydrogen) atoms. The van der Waals surface area contributed by atoms with Crippen LogP contribution in [0.15, 0.2) is 194 Å². The molecule has 1 unspecified atom stereocenters. The second kappa shape index (κ2) is 14.7. The van der Waals surface area contributed by atoms with Crippen LogP contribution in [0.2, 0.25) is 0 Å². The molecule has 1 aliphatic rings. The van der Waals surface area contributed by atoms with Crippen molar-refractivity contribution in [3.63, 3.8) is 0 Å². The lowest BCUT2D eigenvalue weighted by Crippen LogP contribution is -2.21. The zero-order chi connectivity index (χ0) is 36.1. The lowest BCUT2D eigenvalue weighted by molar-refractivity contribution is 0.761. The van der Waals surface area contributed by atoms with Gasteiger partial charge in [0.1, 0.15) is 0 Å². The Bertz CT molecular complexity index is 2490. The van der Waals surface area contributed by atoms with E-state index in [2.05, 4.69) is 107 Å². The summed E-state index contributed by atoms with van der Waals surface area (Å²) in [5, 5.41) is 3.75. The van der Waals surface area contributed by atoms with E-state index in [4.69, 9.17) is 19.9 Å². The van der Waals surface area contributed by atoms with Crippen LogP contribution in [0.1, 0.15) is 17.3 Å². The SMILES string of the molecule is C1=CC(c2ccc(-c3ccccc3-c3nc(-c4ccccc4)nc(-c4ccccc4)n3)cc2)NC(c2cc(-c3ccccc3)cc(-c3ccccn3)n2)=C1. The number of dihydropyridines is 1. The van der Waals surface area contributed by atoms with Gasteiger partial charge in [0, 0.05) is 22.9 Å². The first kappa shape index (κ1) is 32.6. The van der Waals surface area contributed by atoms with E-state index in [0.29, 0.717) is 17.5 Å². The highest BCUT2D eigenvalue weighted by Gasteiger charge is 2.19. The molecule has 6 nitrogen and oxygen atoms in total. The lowest BCUT2D eigenvalue weighted by atomic mass is 9.95. The van der Waals surface area contributed by atoms with Crippen molar-refractivity contribution in [3.05, 3.63) is 206 Å². The molecule has 1 aliphatic heterocycles. The van der Waals surface area contributed by atoms with Crippen LogP contribution in [0.5, 0.6) is 0 Å². The van der Waals surface area contributed by atoms with E-state index in [-0.39, 0.29) is 6.04 Å². The summed E-state index contributed by atoms with van der Waals surface area (Å²) in [6, 6.07) is 57.7. The number of pyridine rings is 2. The van der Waals surface area contributed by atoms with Gasteiger partial charge >= 0.3 is 0 Å². The van der Waals surface area contributed by atoms with Gasteiger partial charge in [0.05, 0.1) is 28.8 Å². The summed E-state index contributed by atoms with van der Waals surface area (Å²) < 4.78 is 0. The molecule has 4 heterocycles. The third kappa shape index (κ3) is 6.84. The minimum absolute atomic E-state index is 0.0415. The van der Waals surface area contributed by atoms with Gasteiger partial charge < -0.3 is 5.32 Å². The molecule has 256 valence electrons. The molecule has 0 aliphatic carbocycles. The molecule has 1 atom stereocenters. The first-order chi connectivity index (χ1) is 26.7. The molecule has 1 N–H and O–H groups in total. The van der Waals surface area contributed by atoms with Crippen molar-refractivity contribution in [2.75, 3.05) is 0 Å². The van der Waals surface area contributed by atoms with E-state index >= 15 is 0 Å². The second-order valence-electron chi connectivity index (χ2n) is 13.0. The largest absolute Gasteiger partial charge is 0.373 e. The maximum Gasteiger partial charge on any atom is 0.164 e. The highest BCUT2D eigenvalue weighted by Crippen LogP contribution is 2.34. The number of hydrogen-bond acceptors (Lipinski definition) is 6. The van der Waals surface area contributed by atoms with Gasteiger partial charge in [-0.1, -0.05) is 158 Å². The van der Waals surface area contributed by atoms with Crippen molar-refractivity contribution >= 4 is 5.70 Å². The zero-order valence-corrected chi connectivity index (χ0v) is 29.3. The molecule has 0 saturated heterocycles. The summed E-state index contributed by atoms with van der Waals surface area (Å²) in [6.07, 6.45) is 8.17. The van der Waals surface area contributed by atoms with Crippen LogP contribution in [-0.2, 0) is 0 Å². The highest BCUT2D eigenvalue weighted by atomic mass is 15.0. The predicted molar refractivity (Wildman–Crippen MR) is 217 cm³/mol. The van der Waals surface area contributed by atoms with E-state index in [1.54, 1.807) is 6.20 Å². The fourth-order valence-corrected chi connectivity index (χ4v) is 6.72. The fourth-order valence-electron chi connectivity index (χ4n) is 6.72. The van der Waals surface area contributed by atoms with Crippen LogP contribution < -0.4 is 5.32 Å². The monoisotopic (exact) mass is 694 g/mol. The number of aromatic nitrogens is 5. The van der Waals surface area contributed by atoms with Crippen molar-refractivity contribution in [1.82, 2.24) is 30.2 Å². The predicted octanol–water partition coefficient (Wildman–Crippen LogP) is 10.9. The van der Waals surface area contributed by atoms with Gasteiger partial charge in [-0.15, -0.1) is 0 Å². The Morgan fingerprint density at radius 2 is 0.981 bits per heavy atom. The van der Waals surface area contributed by atoms with E-state index in [9.17, 15) is 0 Å². The number of benzene rings is 5. The Kier molecular flexibility index (Phi) is 8.89. The Morgan fingerprint density at radius 1 is 0.407 bits per heavy atom. The van der Waals surface area contributed by atoms with E-state index in [1.807, 2.05) is 91.0 Å². The molecule has 0 fully saturated rings. The van der Waals surface area contributed by atoms with Gasteiger partial charge in [-0.05, 0) is 58.2 Å². The van der Waals surface area contributed by atoms with Crippen molar-refractivity contribution in [2.45, 2.75) is 6.04 Å². The molecular weight excluding hydrogens is 661 g/mol. The summed E-state index contributed by atoms with van der Waals surface area (Å²) in [6.45, 7) is 0. The third-order valence-electron chi connectivity index (χ3n) is 9.46. The molecule has 5 aromatic carbocycles. The minimum atomic E-state index is -0.0415. The Morgan fingerprint density at radius 3 is 1.63 bits per heavy atom. The summed E-state index contributed by atoms with van der Waals surface area (Å²) in [5.74, 6) is 1.91. The second-order valence-corrected chi connectivity index (χ2v) is 13.0. The Hall–Kier alpha value is -7.31. The van der Waals surface area contributed by atoms with Crippen molar-refractivity contribution < 1.29 is 0 Å². The van der Waals surface area contributed by atoms with Crippen LogP contribution in [0.25, 0.3) is 73.5 Å². The summed E-state index contributed by atoms with van der Waals surface area (Å²) >= 11 is 0. The molecule has 0 bridgehead atoms. The lowest BCUT2D eigenvalue weighted by Gasteiger charge is -2.23. The Balaban J connectivity index is 1.03. The topological polar surface area (TPSA) is 76.5 Å². The molecule has 0 amide bonds. The highest BCUT2D eigenvalue weighted by molar-refractivity contribution is 5.82. The first-order valence-electron chi connectivity index (χ1n) is 18.0. The van der Waals surface area contributed by atoms with Gasteiger partial charge in [-0.2, -0.15) is 0 Å². The smallest absolute Gasteiger partial charge is 0.164 e. The van der Waals surface area contributed by atoms with Crippen molar-refractivity contribution in [3.8, 4) is 67.8 Å². The van der Waals surface area contributed by atoms with E-state index in [0.717, 1.165) is 67.3 Å². The summed E-state index contributed by atoms with van der Waals surface area (Å²) in [7, 11) is 0. The minimum Gasteiger partial charge on any atom is -0.373 e. The van der Waals surface area contributed by atoms with Gasteiger partial charge in [0.25, 0.3) is 0 Å². The van der Waals surface area contributed by atoms with Crippen LogP contribution in [-0.4, -0.2) is 24.9 Å². The molecule has 0 spiro atoms. The fraction of sp³-hybridized carbons (Fsp3) is 0.0208. The number of hydrogen-bond donors (Lipinski definition) is 1. The zero-order valence-electron chi connectivity index (χ0n) is 29.3. The average molecular weight is 695 g/mol. The molecule has 3 aromatic heterocycles. The van der Waals surface area contributed by atoms with Crippen LogP contribution in [0, 0.1) is 0 Å². The first-order valence-corrected chi connectivity index (χ1v) is 18.0. The van der Waals surface area contributed by atoms with Gasteiger partial charge in [-0.25, -0.2) is 19.9 Å². The summed E-state index contributed by atoms with van der Waals surface area (Å²) in [4.78, 5) is 24.6.